The van der Waals surface area contributed by atoms with Crippen LogP contribution in [0.3, 0.4) is 0 Å². The summed E-state index contributed by atoms with van der Waals surface area (Å²) in [7, 11) is 0. The SMILES string of the molecule is CC=C[C@H]1CC[C@H]1C. The van der Waals surface area contributed by atoms with Gasteiger partial charge in [0.2, 0.25) is 0 Å². The summed E-state index contributed by atoms with van der Waals surface area (Å²) >= 11 is 0. The molecule has 0 nitrogen and oxygen atoms in total. The Morgan fingerprint density at radius 1 is 1.38 bits per heavy atom. The van der Waals surface area contributed by atoms with Gasteiger partial charge in [-0.15, -0.1) is 0 Å². The van der Waals surface area contributed by atoms with Gasteiger partial charge in [-0.1, -0.05) is 19.1 Å². The summed E-state index contributed by atoms with van der Waals surface area (Å²) in [4.78, 5) is 0. The summed E-state index contributed by atoms with van der Waals surface area (Å²) in [5.41, 5.74) is 0. The Hall–Kier alpha value is -0.260. The average molecular weight is 110 g/mol. The van der Waals surface area contributed by atoms with E-state index in [-0.39, 0.29) is 0 Å². The molecule has 0 N–H and O–H groups in total. The van der Waals surface area contributed by atoms with E-state index in [4.69, 9.17) is 0 Å². The number of hydrogen-bond acceptors (Lipinski definition) is 0. The smallest absolute Gasteiger partial charge is 0.0208 e. The molecular formula is C8H14. The van der Waals surface area contributed by atoms with E-state index in [0.29, 0.717) is 0 Å². The lowest BCUT2D eigenvalue weighted by molar-refractivity contribution is 0.251. The molecule has 0 heterocycles. The van der Waals surface area contributed by atoms with E-state index in [0.717, 1.165) is 11.8 Å². The van der Waals surface area contributed by atoms with Crippen LogP contribution in [-0.4, -0.2) is 0 Å². The fourth-order valence-electron chi connectivity index (χ4n) is 1.23. The molecule has 1 aliphatic carbocycles. The molecule has 0 spiro atoms. The van der Waals surface area contributed by atoms with Gasteiger partial charge in [0.1, 0.15) is 0 Å². The largest absolute Gasteiger partial charge is 0.0914 e. The summed E-state index contributed by atoms with van der Waals surface area (Å²) in [5, 5.41) is 0. The molecule has 2 atom stereocenters. The van der Waals surface area contributed by atoms with Gasteiger partial charge in [-0.05, 0) is 31.6 Å². The topological polar surface area (TPSA) is 0 Å². The maximum Gasteiger partial charge on any atom is -0.0208 e. The van der Waals surface area contributed by atoms with Crippen molar-refractivity contribution in [1.29, 1.82) is 0 Å². The van der Waals surface area contributed by atoms with E-state index in [2.05, 4.69) is 26.0 Å². The van der Waals surface area contributed by atoms with Crippen LogP contribution < -0.4 is 0 Å². The minimum Gasteiger partial charge on any atom is -0.0914 e. The third-order valence-electron chi connectivity index (χ3n) is 2.13. The van der Waals surface area contributed by atoms with Crippen molar-refractivity contribution in [1.82, 2.24) is 0 Å². The molecule has 0 heteroatoms. The lowest BCUT2D eigenvalue weighted by atomic mass is 9.75. The third kappa shape index (κ3) is 0.936. The molecular weight excluding hydrogens is 96.1 g/mol. The van der Waals surface area contributed by atoms with Gasteiger partial charge in [0.15, 0.2) is 0 Å². The maximum atomic E-state index is 2.33. The van der Waals surface area contributed by atoms with Crippen molar-refractivity contribution in [2.24, 2.45) is 11.8 Å². The highest BCUT2D eigenvalue weighted by Gasteiger charge is 2.23. The zero-order valence-electron chi connectivity index (χ0n) is 5.72. The fourth-order valence-corrected chi connectivity index (χ4v) is 1.23. The lowest BCUT2D eigenvalue weighted by Crippen LogP contribution is -2.20. The normalized spacial score (nSPS) is 37.8. The molecule has 0 aromatic rings. The van der Waals surface area contributed by atoms with E-state index in [1.807, 2.05) is 0 Å². The quantitative estimate of drug-likeness (QED) is 0.455. The van der Waals surface area contributed by atoms with Crippen molar-refractivity contribution in [3.05, 3.63) is 12.2 Å². The van der Waals surface area contributed by atoms with Crippen molar-refractivity contribution in [3.8, 4) is 0 Å². The minimum atomic E-state index is 0.917. The van der Waals surface area contributed by atoms with Crippen LogP contribution >= 0.6 is 0 Å². The molecule has 0 radical (unpaired) electrons. The Morgan fingerprint density at radius 2 is 2.12 bits per heavy atom. The van der Waals surface area contributed by atoms with Gasteiger partial charge in [0.25, 0.3) is 0 Å². The second-order valence-corrected chi connectivity index (χ2v) is 2.74. The summed E-state index contributed by atoms with van der Waals surface area (Å²) in [6, 6.07) is 0. The molecule has 1 aliphatic rings. The first-order valence-electron chi connectivity index (χ1n) is 3.47. The molecule has 0 bridgehead atoms. The average Bonchev–Trinajstić information content (AvgIpc) is 1.79. The molecule has 46 valence electrons. The van der Waals surface area contributed by atoms with E-state index >= 15 is 0 Å². The van der Waals surface area contributed by atoms with Crippen LogP contribution in [0.2, 0.25) is 0 Å². The zero-order valence-corrected chi connectivity index (χ0v) is 5.72. The molecule has 1 saturated carbocycles. The van der Waals surface area contributed by atoms with Crippen LogP contribution in [0.1, 0.15) is 26.7 Å². The van der Waals surface area contributed by atoms with Gasteiger partial charge < -0.3 is 0 Å². The van der Waals surface area contributed by atoms with Gasteiger partial charge in [-0.2, -0.15) is 0 Å². The fraction of sp³-hybridized carbons (Fsp3) is 0.750. The first-order valence-corrected chi connectivity index (χ1v) is 3.47. The van der Waals surface area contributed by atoms with Gasteiger partial charge in [-0.25, -0.2) is 0 Å². The van der Waals surface area contributed by atoms with E-state index in [1.165, 1.54) is 12.8 Å². The first-order chi connectivity index (χ1) is 3.84. The molecule has 8 heavy (non-hydrogen) atoms. The minimum absolute atomic E-state index is 0.917. The van der Waals surface area contributed by atoms with Crippen molar-refractivity contribution in [2.75, 3.05) is 0 Å². The zero-order chi connectivity index (χ0) is 5.98. The van der Waals surface area contributed by atoms with E-state index in [1.54, 1.807) is 0 Å². The highest BCUT2D eigenvalue weighted by atomic mass is 14.3. The second-order valence-electron chi connectivity index (χ2n) is 2.74. The van der Waals surface area contributed by atoms with Crippen LogP contribution in [0.25, 0.3) is 0 Å². The van der Waals surface area contributed by atoms with Crippen LogP contribution in [0.4, 0.5) is 0 Å². The van der Waals surface area contributed by atoms with Gasteiger partial charge >= 0.3 is 0 Å². The highest BCUT2D eigenvalue weighted by molar-refractivity contribution is 4.93. The third-order valence-corrected chi connectivity index (χ3v) is 2.13. The number of hydrogen-bond donors (Lipinski definition) is 0. The Kier molecular flexibility index (Phi) is 1.72. The van der Waals surface area contributed by atoms with Crippen LogP contribution in [0.5, 0.6) is 0 Å². The Labute approximate surface area is 51.6 Å². The van der Waals surface area contributed by atoms with Gasteiger partial charge in [0.05, 0.1) is 0 Å². The molecule has 0 amide bonds. The van der Waals surface area contributed by atoms with Crippen LogP contribution in [-0.2, 0) is 0 Å². The molecule has 0 aliphatic heterocycles. The number of allylic oxidation sites excluding steroid dienone is 2. The van der Waals surface area contributed by atoms with Crippen LogP contribution in [0, 0.1) is 11.8 Å². The van der Waals surface area contributed by atoms with Crippen LogP contribution in [0.15, 0.2) is 12.2 Å². The Bertz CT molecular complexity index is 92.2. The van der Waals surface area contributed by atoms with E-state index in [9.17, 15) is 0 Å². The molecule has 1 rings (SSSR count). The van der Waals surface area contributed by atoms with Gasteiger partial charge in [-0.3, -0.25) is 0 Å². The monoisotopic (exact) mass is 110 g/mol. The standard InChI is InChI=1S/C8H14/c1-3-4-8-6-5-7(8)2/h3-4,7-8H,5-6H2,1-2H3/t7-,8+/m1/s1. The van der Waals surface area contributed by atoms with Crippen molar-refractivity contribution in [3.63, 3.8) is 0 Å². The first kappa shape index (κ1) is 5.87. The highest BCUT2D eigenvalue weighted by Crippen LogP contribution is 2.34. The summed E-state index contributed by atoms with van der Waals surface area (Å²) in [5.74, 6) is 1.88. The molecule has 0 unspecified atom stereocenters. The second kappa shape index (κ2) is 2.34. The summed E-state index contributed by atoms with van der Waals surface area (Å²) < 4.78 is 0. The van der Waals surface area contributed by atoms with Crippen molar-refractivity contribution >= 4 is 0 Å². The predicted molar refractivity (Wildman–Crippen MR) is 36.7 cm³/mol. The van der Waals surface area contributed by atoms with Gasteiger partial charge in [0, 0.05) is 0 Å². The van der Waals surface area contributed by atoms with Crippen molar-refractivity contribution < 1.29 is 0 Å². The molecule has 1 fully saturated rings. The molecule has 0 aromatic carbocycles. The van der Waals surface area contributed by atoms with Crippen molar-refractivity contribution in [2.45, 2.75) is 26.7 Å². The predicted octanol–water partition coefficient (Wildman–Crippen LogP) is 2.61. The number of rotatable bonds is 1. The maximum absolute atomic E-state index is 2.33. The Balaban J connectivity index is 2.27. The lowest BCUT2D eigenvalue weighted by Gasteiger charge is -2.30. The summed E-state index contributed by atoms with van der Waals surface area (Å²) in [6.07, 6.45) is 7.36. The summed E-state index contributed by atoms with van der Waals surface area (Å²) in [6.45, 7) is 4.43. The molecule has 0 aromatic heterocycles. The Morgan fingerprint density at radius 3 is 2.25 bits per heavy atom. The molecule has 0 saturated heterocycles. The van der Waals surface area contributed by atoms with E-state index < -0.39 is 0 Å².